The second kappa shape index (κ2) is 12.1. The minimum Gasteiger partial charge on any atom is -0.495 e. The van der Waals surface area contributed by atoms with Gasteiger partial charge in [-0.15, -0.1) is 0 Å². The molecule has 0 saturated carbocycles. The van der Waals surface area contributed by atoms with Gasteiger partial charge in [0, 0.05) is 18.1 Å². The van der Waals surface area contributed by atoms with E-state index in [-0.39, 0.29) is 24.1 Å². The number of halogens is 1. The van der Waals surface area contributed by atoms with Gasteiger partial charge in [-0.3, -0.25) is 13.9 Å². The molecule has 34 heavy (non-hydrogen) atoms. The summed E-state index contributed by atoms with van der Waals surface area (Å²) < 4.78 is 31.6. The number of hydrogen-bond acceptors (Lipinski definition) is 5. The van der Waals surface area contributed by atoms with Crippen LogP contribution in [0.5, 0.6) is 5.75 Å². The lowest BCUT2D eigenvalue weighted by atomic mass is 10.1. The molecule has 2 rings (SSSR count). The number of methoxy groups -OCH3 is 1. The Morgan fingerprint density at radius 2 is 1.68 bits per heavy atom. The number of carbonyl (C=O) groups excluding carboxylic acids is 2. The third-order valence-electron chi connectivity index (χ3n) is 5.18. The van der Waals surface area contributed by atoms with Crippen LogP contribution in [0.1, 0.15) is 26.3 Å². The maximum absolute atomic E-state index is 13.5. The van der Waals surface area contributed by atoms with Crippen LogP contribution in [-0.2, 0) is 26.2 Å². The molecule has 0 aliphatic carbocycles. The molecule has 1 atom stereocenters. The monoisotopic (exact) mass is 509 g/mol. The Balaban J connectivity index is 2.42. The molecule has 1 N–H and O–H groups in total. The Morgan fingerprint density at radius 1 is 1.06 bits per heavy atom. The molecule has 0 radical (unpaired) electrons. The van der Waals surface area contributed by atoms with Crippen LogP contribution < -0.4 is 14.4 Å². The third-order valence-corrected chi connectivity index (χ3v) is 6.68. The normalized spacial score (nSPS) is 12.2. The van der Waals surface area contributed by atoms with Crippen LogP contribution in [0.25, 0.3) is 0 Å². The fraction of sp³-hybridized carbons (Fsp3) is 0.417. The van der Waals surface area contributed by atoms with Crippen molar-refractivity contribution >= 4 is 39.1 Å². The van der Waals surface area contributed by atoms with E-state index in [0.717, 1.165) is 10.6 Å². The highest BCUT2D eigenvalue weighted by Gasteiger charge is 2.31. The van der Waals surface area contributed by atoms with Gasteiger partial charge in [0.2, 0.25) is 21.8 Å². The second-order valence-electron chi connectivity index (χ2n) is 8.37. The fourth-order valence-electron chi connectivity index (χ4n) is 3.28. The summed E-state index contributed by atoms with van der Waals surface area (Å²) in [5.41, 5.74) is 0.875. The number of para-hydroxylation sites is 2. The van der Waals surface area contributed by atoms with E-state index in [9.17, 15) is 18.0 Å². The number of hydrogen-bond donors (Lipinski definition) is 1. The van der Waals surface area contributed by atoms with Gasteiger partial charge in [0.1, 0.15) is 18.3 Å². The second-order valence-corrected chi connectivity index (χ2v) is 10.7. The minimum absolute atomic E-state index is 0.0400. The van der Waals surface area contributed by atoms with Crippen LogP contribution in [0.3, 0.4) is 0 Å². The van der Waals surface area contributed by atoms with Crippen molar-refractivity contribution < 1.29 is 22.7 Å². The third kappa shape index (κ3) is 7.36. The first-order valence-corrected chi connectivity index (χ1v) is 13.1. The Hall–Kier alpha value is -2.78. The molecule has 0 saturated heterocycles. The largest absolute Gasteiger partial charge is 0.495 e. The maximum atomic E-state index is 13.5. The smallest absolute Gasteiger partial charge is 0.244 e. The number of sulfonamides is 1. The Kier molecular flexibility index (Phi) is 9.76. The summed E-state index contributed by atoms with van der Waals surface area (Å²) in [6, 6.07) is 12.7. The molecule has 0 fully saturated rings. The highest BCUT2D eigenvalue weighted by atomic mass is 35.5. The van der Waals surface area contributed by atoms with Gasteiger partial charge >= 0.3 is 0 Å². The zero-order chi connectivity index (χ0) is 25.5. The van der Waals surface area contributed by atoms with Crippen molar-refractivity contribution in [2.75, 3.05) is 30.8 Å². The van der Waals surface area contributed by atoms with Gasteiger partial charge in [-0.2, -0.15) is 0 Å². The van der Waals surface area contributed by atoms with E-state index < -0.39 is 28.5 Å². The highest BCUT2D eigenvalue weighted by Crippen LogP contribution is 2.30. The van der Waals surface area contributed by atoms with Crippen LogP contribution in [0.2, 0.25) is 5.02 Å². The summed E-state index contributed by atoms with van der Waals surface area (Å²) in [5, 5.41) is 3.28. The van der Waals surface area contributed by atoms with E-state index in [0.29, 0.717) is 22.9 Å². The van der Waals surface area contributed by atoms with Crippen molar-refractivity contribution in [2.45, 2.75) is 33.4 Å². The van der Waals surface area contributed by atoms with Gasteiger partial charge in [-0.1, -0.05) is 55.8 Å². The molecule has 0 aromatic heterocycles. The summed E-state index contributed by atoms with van der Waals surface area (Å²) in [7, 11) is -2.43. The summed E-state index contributed by atoms with van der Waals surface area (Å²) in [5.74, 6) is -0.350. The SMILES string of the molecule is COc1ccccc1N(CC(=O)N(Cc1ccccc1Cl)[C@@H](C)C(=O)NCC(C)C)S(C)(=O)=O. The first-order valence-electron chi connectivity index (χ1n) is 10.9. The molecular weight excluding hydrogens is 478 g/mol. The summed E-state index contributed by atoms with van der Waals surface area (Å²) in [6.45, 7) is 5.53. The van der Waals surface area contributed by atoms with Crippen molar-refractivity contribution in [3.63, 3.8) is 0 Å². The van der Waals surface area contributed by atoms with Crippen molar-refractivity contribution in [3.05, 3.63) is 59.1 Å². The molecule has 0 unspecified atom stereocenters. The summed E-state index contributed by atoms with van der Waals surface area (Å²) >= 11 is 6.31. The van der Waals surface area contributed by atoms with E-state index in [1.165, 1.54) is 12.0 Å². The van der Waals surface area contributed by atoms with Crippen LogP contribution >= 0.6 is 11.6 Å². The molecule has 0 aliphatic heterocycles. The molecular formula is C24H32ClN3O5S. The molecule has 10 heteroatoms. The lowest BCUT2D eigenvalue weighted by molar-refractivity contribution is -0.139. The van der Waals surface area contributed by atoms with Gasteiger partial charge in [-0.05, 0) is 36.6 Å². The Labute approximate surface area is 206 Å². The Morgan fingerprint density at radius 3 is 2.26 bits per heavy atom. The van der Waals surface area contributed by atoms with Crippen molar-refractivity contribution in [3.8, 4) is 5.75 Å². The van der Waals surface area contributed by atoms with Crippen molar-refractivity contribution in [2.24, 2.45) is 5.92 Å². The van der Waals surface area contributed by atoms with E-state index >= 15 is 0 Å². The molecule has 0 spiro atoms. The average Bonchev–Trinajstić information content (AvgIpc) is 2.79. The topological polar surface area (TPSA) is 96.0 Å². The van der Waals surface area contributed by atoms with Crippen molar-refractivity contribution in [1.82, 2.24) is 10.2 Å². The number of amides is 2. The maximum Gasteiger partial charge on any atom is 0.244 e. The number of benzene rings is 2. The van der Waals surface area contributed by atoms with Gasteiger partial charge in [0.15, 0.2) is 0 Å². The van der Waals surface area contributed by atoms with Gasteiger partial charge in [0.05, 0.1) is 19.1 Å². The number of anilines is 1. The number of nitrogens with one attached hydrogen (secondary N) is 1. The average molecular weight is 510 g/mol. The first-order chi connectivity index (χ1) is 16.0. The van der Waals surface area contributed by atoms with Gasteiger partial charge in [0.25, 0.3) is 0 Å². The minimum atomic E-state index is -3.85. The van der Waals surface area contributed by atoms with E-state index in [4.69, 9.17) is 16.3 Å². The van der Waals surface area contributed by atoms with E-state index in [1.807, 2.05) is 13.8 Å². The van der Waals surface area contributed by atoms with Gasteiger partial charge < -0.3 is 15.0 Å². The number of rotatable bonds is 11. The van der Waals surface area contributed by atoms with Crippen LogP contribution in [0, 0.1) is 5.92 Å². The van der Waals surface area contributed by atoms with Crippen molar-refractivity contribution in [1.29, 1.82) is 0 Å². The summed E-state index contributed by atoms with van der Waals surface area (Å²) in [4.78, 5) is 27.7. The predicted molar refractivity (Wildman–Crippen MR) is 134 cm³/mol. The fourth-order valence-corrected chi connectivity index (χ4v) is 4.32. The number of nitrogens with zero attached hydrogens (tertiary/aromatic N) is 2. The molecule has 0 aliphatic rings. The quantitative estimate of drug-likeness (QED) is 0.501. The molecule has 2 aromatic carbocycles. The van der Waals surface area contributed by atoms with E-state index in [2.05, 4.69) is 5.32 Å². The zero-order valence-electron chi connectivity index (χ0n) is 20.1. The van der Waals surface area contributed by atoms with E-state index in [1.54, 1.807) is 55.5 Å². The first kappa shape index (κ1) is 27.5. The Bertz CT molecular complexity index is 1110. The van der Waals surface area contributed by atoms with Crippen LogP contribution in [-0.4, -0.2) is 57.6 Å². The standard InChI is InChI=1S/C24H32ClN3O5S/c1-17(2)14-26-24(30)18(3)27(15-19-10-6-7-11-20(19)25)23(29)16-28(34(5,31)32)21-12-8-9-13-22(21)33-4/h6-13,17-18H,14-16H2,1-5H3,(H,26,30)/t18-/m0/s1. The van der Waals surface area contributed by atoms with Crippen LogP contribution in [0.15, 0.2) is 48.5 Å². The number of carbonyl (C=O) groups is 2. The molecule has 2 amide bonds. The lowest BCUT2D eigenvalue weighted by Gasteiger charge is -2.32. The van der Waals surface area contributed by atoms with Gasteiger partial charge in [-0.25, -0.2) is 8.42 Å². The molecule has 2 aromatic rings. The highest BCUT2D eigenvalue weighted by molar-refractivity contribution is 7.92. The molecule has 0 heterocycles. The molecule has 186 valence electrons. The summed E-state index contributed by atoms with van der Waals surface area (Å²) in [6.07, 6.45) is 1.02. The molecule has 8 nitrogen and oxygen atoms in total. The van der Waals surface area contributed by atoms with Crippen LogP contribution in [0.4, 0.5) is 5.69 Å². The number of ether oxygens (including phenoxy) is 1. The molecule has 0 bridgehead atoms. The lowest BCUT2D eigenvalue weighted by Crippen LogP contribution is -2.51. The predicted octanol–water partition coefficient (Wildman–Crippen LogP) is 3.30. The zero-order valence-corrected chi connectivity index (χ0v) is 21.7.